The van der Waals surface area contributed by atoms with E-state index in [2.05, 4.69) is 23.7 Å². The van der Waals surface area contributed by atoms with Crippen LogP contribution in [0.2, 0.25) is 0 Å². The van der Waals surface area contributed by atoms with Crippen molar-refractivity contribution in [2.75, 3.05) is 0 Å². The minimum Gasteiger partial charge on any atom is -0.248 e. The molecule has 0 amide bonds. The molecule has 0 N–H and O–H groups in total. The third-order valence-electron chi connectivity index (χ3n) is 3.00. The molecule has 0 saturated carbocycles. The van der Waals surface area contributed by atoms with Crippen molar-refractivity contribution in [2.24, 2.45) is 4.99 Å². The molecule has 3 rings (SSSR count). The van der Waals surface area contributed by atoms with Gasteiger partial charge in [-0.15, -0.1) is 0 Å². The molecule has 2 aromatic rings. The zero-order valence-electron chi connectivity index (χ0n) is 10.0. The van der Waals surface area contributed by atoms with Crippen molar-refractivity contribution in [3.8, 4) is 0 Å². The van der Waals surface area contributed by atoms with Crippen LogP contribution in [-0.4, -0.2) is 5.71 Å². The number of para-hydroxylation sites is 1. The van der Waals surface area contributed by atoms with Gasteiger partial charge in [-0.3, -0.25) is 0 Å². The van der Waals surface area contributed by atoms with Gasteiger partial charge in [-0.2, -0.15) is 0 Å². The summed E-state index contributed by atoms with van der Waals surface area (Å²) in [4.78, 5) is 4.68. The Hall–Kier alpha value is -2.41. The van der Waals surface area contributed by atoms with Gasteiger partial charge >= 0.3 is 0 Å². The monoisotopic (exact) mass is 231 g/mol. The first kappa shape index (κ1) is 10.7. The van der Waals surface area contributed by atoms with Gasteiger partial charge in [0, 0.05) is 5.56 Å². The summed E-state index contributed by atoms with van der Waals surface area (Å²) in [6.07, 6.45) is 4.04. The Kier molecular flexibility index (Phi) is 2.66. The zero-order chi connectivity index (χ0) is 12.4. The number of hydrogen-bond donors (Lipinski definition) is 0. The Morgan fingerprint density at radius 2 is 1.39 bits per heavy atom. The smallest absolute Gasteiger partial charge is 0.0715 e. The first-order valence-corrected chi connectivity index (χ1v) is 5.95. The zero-order valence-corrected chi connectivity index (χ0v) is 10.0. The lowest BCUT2D eigenvalue weighted by Gasteiger charge is -2.14. The van der Waals surface area contributed by atoms with Gasteiger partial charge in [0.1, 0.15) is 0 Å². The van der Waals surface area contributed by atoms with E-state index in [0.717, 1.165) is 28.1 Å². The molecule has 1 aliphatic carbocycles. The van der Waals surface area contributed by atoms with Gasteiger partial charge in [0.2, 0.25) is 0 Å². The molecular weight excluding hydrogens is 218 g/mol. The van der Waals surface area contributed by atoms with Crippen LogP contribution in [-0.2, 0) is 0 Å². The summed E-state index contributed by atoms with van der Waals surface area (Å²) in [7, 11) is 0. The van der Waals surface area contributed by atoms with Gasteiger partial charge in [0.25, 0.3) is 0 Å². The van der Waals surface area contributed by atoms with Crippen LogP contribution in [0.25, 0.3) is 5.57 Å². The van der Waals surface area contributed by atoms with E-state index in [9.17, 15) is 0 Å². The molecule has 0 aromatic heterocycles. The highest BCUT2D eigenvalue weighted by Gasteiger charge is 2.12. The number of allylic oxidation sites excluding steroid dienone is 3. The molecule has 0 heterocycles. The van der Waals surface area contributed by atoms with Crippen LogP contribution in [0.5, 0.6) is 0 Å². The molecule has 0 fully saturated rings. The minimum absolute atomic E-state index is 0.972. The second-order valence-electron chi connectivity index (χ2n) is 4.24. The van der Waals surface area contributed by atoms with E-state index in [4.69, 9.17) is 0 Å². The van der Waals surface area contributed by atoms with E-state index in [1.54, 1.807) is 0 Å². The highest BCUT2D eigenvalue weighted by molar-refractivity contribution is 6.16. The number of fused-ring (bicyclic) bond motifs is 1. The summed E-state index contributed by atoms with van der Waals surface area (Å²) < 4.78 is 0. The van der Waals surface area contributed by atoms with Crippen LogP contribution >= 0.6 is 0 Å². The molecule has 86 valence electrons. The summed E-state index contributed by atoms with van der Waals surface area (Å²) in [5, 5.41) is 0. The molecule has 0 spiro atoms. The summed E-state index contributed by atoms with van der Waals surface area (Å²) in [5.41, 5.74) is 5.31. The Balaban J connectivity index is 2.12. The van der Waals surface area contributed by atoms with E-state index in [0.29, 0.717) is 0 Å². The molecule has 0 radical (unpaired) electrons. The van der Waals surface area contributed by atoms with Crippen molar-refractivity contribution in [2.45, 2.75) is 0 Å². The number of nitrogens with zero attached hydrogens (tertiary/aromatic N) is 1. The molecule has 0 atom stereocenters. The molecule has 0 saturated heterocycles. The molecule has 0 aliphatic heterocycles. The molecule has 0 bridgehead atoms. The minimum atomic E-state index is 0.972. The maximum atomic E-state index is 4.68. The average Bonchev–Trinajstić information content (AvgIpc) is 2.44. The molecular formula is C17H13N. The topological polar surface area (TPSA) is 12.4 Å². The van der Waals surface area contributed by atoms with Crippen molar-refractivity contribution in [3.05, 3.63) is 84.5 Å². The van der Waals surface area contributed by atoms with E-state index < -0.39 is 0 Å². The van der Waals surface area contributed by atoms with Crippen molar-refractivity contribution < 1.29 is 0 Å². The lowest BCUT2D eigenvalue weighted by molar-refractivity contribution is 1.47. The highest BCUT2D eigenvalue weighted by atomic mass is 14.7. The molecule has 1 nitrogen and oxygen atoms in total. The van der Waals surface area contributed by atoms with E-state index in [-0.39, 0.29) is 0 Å². The number of benzene rings is 2. The maximum Gasteiger partial charge on any atom is 0.0715 e. The van der Waals surface area contributed by atoms with Gasteiger partial charge in [-0.05, 0) is 29.3 Å². The van der Waals surface area contributed by atoms with Crippen molar-refractivity contribution >= 4 is 17.0 Å². The lowest BCUT2D eigenvalue weighted by atomic mass is 9.92. The number of aliphatic imine (C=N–C) groups is 1. The number of hydrogen-bond acceptors (Lipinski definition) is 1. The third kappa shape index (κ3) is 1.91. The Morgan fingerprint density at radius 3 is 2.17 bits per heavy atom. The first-order valence-electron chi connectivity index (χ1n) is 5.95. The van der Waals surface area contributed by atoms with Crippen LogP contribution in [0.3, 0.4) is 0 Å². The fourth-order valence-electron chi connectivity index (χ4n) is 2.08. The first-order chi connectivity index (χ1) is 8.84. The Morgan fingerprint density at radius 1 is 0.722 bits per heavy atom. The van der Waals surface area contributed by atoms with Gasteiger partial charge < -0.3 is 0 Å². The standard InChI is InChI=1S/C17H13N/c1-13-11-12-17(16-10-6-5-9-15(13)16)18-14-7-3-2-4-8-14/h2-12H,1H2. The average molecular weight is 231 g/mol. The fraction of sp³-hybridized carbons (Fsp3) is 0. The fourth-order valence-corrected chi connectivity index (χ4v) is 2.08. The van der Waals surface area contributed by atoms with Crippen LogP contribution in [0.4, 0.5) is 5.69 Å². The molecule has 18 heavy (non-hydrogen) atoms. The van der Waals surface area contributed by atoms with E-state index in [1.165, 1.54) is 0 Å². The molecule has 1 aliphatic rings. The second-order valence-corrected chi connectivity index (χ2v) is 4.24. The quantitative estimate of drug-likeness (QED) is 0.690. The van der Waals surface area contributed by atoms with Gasteiger partial charge in [-0.25, -0.2) is 4.99 Å². The van der Waals surface area contributed by atoms with E-state index >= 15 is 0 Å². The van der Waals surface area contributed by atoms with Crippen LogP contribution in [0.15, 0.2) is 78.3 Å². The summed E-state index contributed by atoms with van der Waals surface area (Å²) in [6.45, 7) is 4.06. The van der Waals surface area contributed by atoms with Gasteiger partial charge in [0.15, 0.2) is 0 Å². The highest BCUT2D eigenvalue weighted by Crippen LogP contribution is 2.26. The van der Waals surface area contributed by atoms with Gasteiger partial charge in [0.05, 0.1) is 11.4 Å². The number of rotatable bonds is 1. The normalized spacial score (nSPS) is 15.8. The maximum absolute atomic E-state index is 4.68. The molecule has 2 aromatic carbocycles. The van der Waals surface area contributed by atoms with E-state index in [1.807, 2.05) is 54.6 Å². The van der Waals surface area contributed by atoms with Crippen molar-refractivity contribution in [1.82, 2.24) is 0 Å². The third-order valence-corrected chi connectivity index (χ3v) is 3.00. The lowest BCUT2D eigenvalue weighted by Crippen LogP contribution is -2.05. The second kappa shape index (κ2) is 4.46. The van der Waals surface area contributed by atoms with Crippen molar-refractivity contribution in [3.63, 3.8) is 0 Å². The summed E-state index contributed by atoms with van der Waals surface area (Å²) >= 11 is 0. The van der Waals surface area contributed by atoms with Crippen molar-refractivity contribution in [1.29, 1.82) is 0 Å². The Bertz CT molecular complexity index is 648. The summed E-state index contributed by atoms with van der Waals surface area (Å²) in [5.74, 6) is 0. The van der Waals surface area contributed by atoms with Gasteiger partial charge in [-0.1, -0.05) is 55.1 Å². The Labute approximate surface area is 107 Å². The SMILES string of the molecule is C=C1C=CC(=Nc2ccccc2)c2ccccc21. The predicted molar refractivity (Wildman–Crippen MR) is 77.3 cm³/mol. The largest absolute Gasteiger partial charge is 0.248 e. The van der Waals surface area contributed by atoms with Crippen LogP contribution < -0.4 is 0 Å². The predicted octanol–water partition coefficient (Wildman–Crippen LogP) is 4.39. The van der Waals surface area contributed by atoms with Crippen LogP contribution in [0, 0.1) is 0 Å². The molecule has 0 unspecified atom stereocenters. The molecule has 1 heteroatoms. The summed E-state index contributed by atoms with van der Waals surface area (Å²) in [6, 6.07) is 18.2. The van der Waals surface area contributed by atoms with Crippen LogP contribution in [0.1, 0.15) is 11.1 Å².